The fourth-order valence-corrected chi connectivity index (χ4v) is 3.65. The van der Waals surface area contributed by atoms with Crippen molar-refractivity contribution < 1.29 is 72.1 Å². The SMILES string of the molecule is C=CCOC(=O)O[C@@H]1[C@@H](OC(=O)OCC=C)[C@H](Oc2ccc(CO)cc2NC(=O)CCN)O[C@H](C(=O)O)[C@H]1OC(=O)OCC=C. The summed E-state index contributed by atoms with van der Waals surface area (Å²) in [6, 6.07) is 4.04. The summed E-state index contributed by atoms with van der Waals surface area (Å²) >= 11 is 0. The maximum absolute atomic E-state index is 12.6. The lowest BCUT2D eigenvalue weighted by Gasteiger charge is -2.42. The second kappa shape index (κ2) is 18.5. The predicted molar refractivity (Wildman–Crippen MR) is 151 cm³/mol. The first-order valence-corrected chi connectivity index (χ1v) is 13.2. The molecule has 1 fully saturated rings. The van der Waals surface area contributed by atoms with E-state index in [1.54, 1.807) is 0 Å². The fraction of sp³-hybridized carbons (Fsp3) is 0.393. The van der Waals surface area contributed by atoms with E-state index in [-0.39, 0.29) is 44.2 Å². The van der Waals surface area contributed by atoms with Crippen molar-refractivity contribution in [3.8, 4) is 5.75 Å². The van der Waals surface area contributed by atoms with Gasteiger partial charge in [-0.1, -0.05) is 44.0 Å². The maximum atomic E-state index is 12.6. The Labute approximate surface area is 257 Å². The molecular weight excluding hydrogens is 604 g/mol. The summed E-state index contributed by atoms with van der Waals surface area (Å²) in [6.45, 7) is 8.78. The molecule has 0 saturated carbocycles. The van der Waals surface area contributed by atoms with Gasteiger partial charge in [-0.3, -0.25) is 4.79 Å². The van der Waals surface area contributed by atoms with E-state index in [4.69, 9.17) is 43.6 Å². The van der Waals surface area contributed by atoms with E-state index in [1.165, 1.54) is 36.4 Å². The smallest absolute Gasteiger partial charge is 0.479 e. The molecule has 1 heterocycles. The Morgan fingerprint density at radius 3 is 1.89 bits per heavy atom. The Morgan fingerprint density at radius 1 is 0.867 bits per heavy atom. The zero-order chi connectivity index (χ0) is 33.4. The van der Waals surface area contributed by atoms with Gasteiger partial charge < -0.3 is 59.2 Å². The number of aliphatic hydroxyl groups excluding tert-OH is 1. The molecule has 1 amide bonds. The average molecular weight is 639 g/mol. The molecule has 1 aromatic carbocycles. The third-order valence-corrected chi connectivity index (χ3v) is 5.51. The monoisotopic (exact) mass is 638 g/mol. The standard InChI is InChI=1S/C28H34N2O15/c1-4-11-38-26(35)43-20-21(44-27(36)39-12-5-2)23(45-28(37)40-13-6-3)25(42-22(20)24(33)34)41-18-8-7-16(15-31)14-17(18)30-19(32)9-10-29/h4-8,14,20-23,25,31H,1-3,9-13,15,29H2,(H,30,32)(H,33,34)/t20-,21-,22-,23+,25+/m0/s1. The highest BCUT2D eigenvalue weighted by Gasteiger charge is 2.57. The molecule has 5 N–H and O–H groups in total. The van der Waals surface area contributed by atoms with Crippen molar-refractivity contribution in [2.75, 3.05) is 31.7 Å². The molecule has 17 heteroatoms. The van der Waals surface area contributed by atoms with Crippen molar-refractivity contribution in [3.05, 3.63) is 61.7 Å². The minimum Gasteiger partial charge on any atom is -0.479 e. The summed E-state index contributed by atoms with van der Waals surface area (Å²) in [6.07, 6.45) is -10.7. The number of rotatable bonds is 16. The van der Waals surface area contributed by atoms with Crippen LogP contribution in [0.15, 0.2) is 56.2 Å². The lowest BCUT2D eigenvalue weighted by Crippen LogP contribution is -2.64. The summed E-state index contributed by atoms with van der Waals surface area (Å²) in [7, 11) is 0. The minimum atomic E-state index is -2.13. The first-order valence-electron chi connectivity index (χ1n) is 13.2. The second-order valence-corrected chi connectivity index (χ2v) is 8.75. The van der Waals surface area contributed by atoms with Gasteiger partial charge in [-0.15, -0.1) is 0 Å². The van der Waals surface area contributed by atoms with Gasteiger partial charge in [0.05, 0.1) is 12.3 Å². The number of carboxylic acid groups (broad SMARTS) is 1. The highest BCUT2D eigenvalue weighted by Crippen LogP contribution is 2.34. The molecule has 0 aliphatic carbocycles. The molecule has 246 valence electrons. The van der Waals surface area contributed by atoms with Crippen molar-refractivity contribution in [3.63, 3.8) is 0 Å². The molecule has 1 aliphatic rings. The Morgan fingerprint density at radius 2 is 1.40 bits per heavy atom. The molecule has 2 rings (SSSR count). The number of aliphatic hydroxyl groups is 1. The third-order valence-electron chi connectivity index (χ3n) is 5.51. The number of benzene rings is 1. The number of ether oxygens (including phenoxy) is 8. The predicted octanol–water partition coefficient (Wildman–Crippen LogP) is 1.78. The lowest BCUT2D eigenvalue weighted by atomic mass is 9.98. The Hall–Kier alpha value is -5.13. The van der Waals surface area contributed by atoms with Crippen molar-refractivity contribution in [2.45, 2.75) is 43.7 Å². The quantitative estimate of drug-likeness (QED) is 0.115. The van der Waals surface area contributed by atoms with Gasteiger partial charge in [0, 0.05) is 13.0 Å². The van der Waals surface area contributed by atoms with E-state index < -0.39 is 67.7 Å². The summed E-state index contributed by atoms with van der Waals surface area (Å²) in [5.41, 5.74) is 5.78. The molecule has 1 aliphatic heterocycles. The van der Waals surface area contributed by atoms with Gasteiger partial charge in [0.15, 0.2) is 18.3 Å². The lowest BCUT2D eigenvalue weighted by molar-refractivity contribution is -0.275. The Balaban J connectivity index is 2.63. The van der Waals surface area contributed by atoms with E-state index >= 15 is 0 Å². The fourth-order valence-electron chi connectivity index (χ4n) is 3.65. The molecule has 0 unspecified atom stereocenters. The van der Waals surface area contributed by atoms with E-state index in [1.807, 2.05) is 0 Å². The molecule has 1 aromatic rings. The van der Waals surface area contributed by atoms with Crippen molar-refractivity contribution in [1.82, 2.24) is 0 Å². The van der Waals surface area contributed by atoms with Crippen LogP contribution in [0.3, 0.4) is 0 Å². The Kier molecular flexibility index (Phi) is 14.8. The number of nitrogens with two attached hydrogens (primary N) is 1. The van der Waals surface area contributed by atoms with Gasteiger partial charge in [-0.05, 0) is 17.7 Å². The third kappa shape index (κ3) is 11.1. The van der Waals surface area contributed by atoms with Crippen molar-refractivity contribution >= 4 is 36.0 Å². The largest absolute Gasteiger partial charge is 0.509 e. The van der Waals surface area contributed by atoms with Gasteiger partial charge in [-0.2, -0.15) is 0 Å². The van der Waals surface area contributed by atoms with E-state index in [2.05, 4.69) is 25.1 Å². The van der Waals surface area contributed by atoms with Crippen LogP contribution in [0, 0.1) is 0 Å². The Bertz CT molecular complexity index is 1240. The van der Waals surface area contributed by atoms with Crippen LogP contribution in [-0.2, 0) is 49.4 Å². The highest BCUT2D eigenvalue weighted by molar-refractivity contribution is 5.92. The minimum absolute atomic E-state index is 0.00801. The summed E-state index contributed by atoms with van der Waals surface area (Å²) in [5.74, 6) is -2.43. The number of hydrogen-bond acceptors (Lipinski definition) is 15. The van der Waals surface area contributed by atoms with Gasteiger partial charge in [0.25, 0.3) is 0 Å². The molecule has 17 nitrogen and oxygen atoms in total. The van der Waals surface area contributed by atoms with Crippen LogP contribution in [0.2, 0.25) is 0 Å². The highest BCUT2D eigenvalue weighted by atomic mass is 16.8. The average Bonchev–Trinajstić information content (AvgIpc) is 3.01. The summed E-state index contributed by atoms with van der Waals surface area (Å²) in [4.78, 5) is 62.2. The van der Waals surface area contributed by atoms with Gasteiger partial charge >= 0.3 is 24.4 Å². The topological polar surface area (TPSA) is 238 Å². The van der Waals surface area contributed by atoms with Crippen molar-refractivity contribution in [1.29, 1.82) is 0 Å². The van der Waals surface area contributed by atoms with Crippen LogP contribution in [0.5, 0.6) is 5.75 Å². The molecule has 45 heavy (non-hydrogen) atoms. The number of carboxylic acids is 1. The van der Waals surface area contributed by atoms with Crippen LogP contribution in [-0.4, -0.2) is 97.6 Å². The van der Waals surface area contributed by atoms with Crippen molar-refractivity contribution in [2.24, 2.45) is 5.73 Å². The molecule has 0 aromatic heterocycles. The van der Waals surface area contributed by atoms with Crippen LogP contribution >= 0.6 is 0 Å². The van der Waals surface area contributed by atoms with E-state index in [9.17, 15) is 34.2 Å². The van der Waals surface area contributed by atoms with Crippen LogP contribution in [0.25, 0.3) is 0 Å². The number of carbonyl (C=O) groups is 5. The zero-order valence-electron chi connectivity index (χ0n) is 24.0. The van der Waals surface area contributed by atoms with Gasteiger partial charge in [-0.25, -0.2) is 19.2 Å². The van der Waals surface area contributed by atoms with Gasteiger partial charge in [0.1, 0.15) is 25.6 Å². The molecule has 0 spiro atoms. The zero-order valence-corrected chi connectivity index (χ0v) is 24.0. The number of hydrogen-bond donors (Lipinski definition) is 4. The number of nitrogens with one attached hydrogen (secondary N) is 1. The van der Waals surface area contributed by atoms with Gasteiger partial charge in [0.2, 0.25) is 18.3 Å². The molecular formula is C28H34N2O15. The van der Waals surface area contributed by atoms with E-state index in [0.29, 0.717) is 5.56 Å². The van der Waals surface area contributed by atoms with Crippen LogP contribution in [0.4, 0.5) is 20.1 Å². The van der Waals surface area contributed by atoms with Crippen LogP contribution in [0.1, 0.15) is 12.0 Å². The summed E-state index contributed by atoms with van der Waals surface area (Å²) < 4.78 is 41.7. The maximum Gasteiger partial charge on any atom is 0.509 e. The second-order valence-electron chi connectivity index (χ2n) is 8.75. The van der Waals surface area contributed by atoms with E-state index in [0.717, 1.165) is 0 Å². The molecule has 5 atom stereocenters. The molecule has 0 radical (unpaired) electrons. The van der Waals surface area contributed by atoms with Crippen LogP contribution < -0.4 is 15.8 Å². The normalized spacial score (nSPS) is 20.4. The first-order chi connectivity index (χ1) is 21.6. The number of aliphatic carboxylic acids is 1. The number of amides is 1. The first kappa shape index (κ1) is 36.1. The summed E-state index contributed by atoms with van der Waals surface area (Å²) in [5, 5.41) is 22.1. The molecule has 1 saturated heterocycles. The number of carbonyl (C=O) groups excluding carboxylic acids is 4. The molecule has 0 bridgehead atoms. The number of anilines is 1.